The van der Waals surface area contributed by atoms with Crippen LogP contribution in [0.3, 0.4) is 0 Å². The van der Waals surface area contributed by atoms with Crippen LogP contribution in [0.5, 0.6) is 0 Å². The Morgan fingerprint density at radius 3 is 2.94 bits per heavy atom. The van der Waals surface area contributed by atoms with Crippen LogP contribution >= 0.6 is 15.9 Å². The summed E-state index contributed by atoms with van der Waals surface area (Å²) < 4.78 is 1.09. The second-order valence-corrected chi connectivity index (χ2v) is 5.74. The minimum absolute atomic E-state index is 0.0922. The molecule has 3 nitrogen and oxygen atoms in total. The van der Waals surface area contributed by atoms with Crippen molar-refractivity contribution in [3.8, 4) is 0 Å². The van der Waals surface area contributed by atoms with Crippen LogP contribution in [-0.2, 0) is 11.2 Å². The molecule has 1 aromatic carbocycles. The fourth-order valence-electron chi connectivity index (χ4n) is 1.83. The van der Waals surface area contributed by atoms with Crippen molar-refractivity contribution >= 4 is 21.8 Å². The molecule has 18 heavy (non-hydrogen) atoms. The molecule has 0 unspecified atom stereocenters. The van der Waals surface area contributed by atoms with Gasteiger partial charge in [0.05, 0.1) is 6.54 Å². The molecule has 4 heteroatoms. The summed E-state index contributed by atoms with van der Waals surface area (Å²) in [7, 11) is 0. The highest BCUT2D eigenvalue weighted by atomic mass is 79.9. The van der Waals surface area contributed by atoms with E-state index in [1.165, 1.54) is 24.0 Å². The second kappa shape index (κ2) is 6.34. The first kappa shape index (κ1) is 13.6. The van der Waals surface area contributed by atoms with Gasteiger partial charge in [0.15, 0.2) is 0 Å². The highest BCUT2D eigenvalue weighted by Crippen LogP contribution is 2.18. The van der Waals surface area contributed by atoms with Gasteiger partial charge in [0.2, 0.25) is 5.91 Å². The molecule has 2 N–H and O–H groups in total. The van der Waals surface area contributed by atoms with Gasteiger partial charge in [-0.1, -0.05) is 22.0 Å². The van der Waals surface area contributed by atoms with Crippen LogP contribution in [0.25, 0.3) is 0 Å². The summed E-state index contributed by atoms with van der Waals surface area (Å²) in [5.74, 6) is 0.0922. The van der Waals surface area contributed by atoms with E-state index in [-0.39, 0.29) is 5.91 Å². The Bertz CT molecular complexity index is 430. The molecule has 0 spiro atoms. The summed E-state index contributed by atoms with van der Waals surface area (Å²) in [4.78, 5) is 11.5. The molecule has 0 aliphatic heterocycles. The van der Waals surface area contributed by atoms with Crippen LogP contribution in [-0.4, -0.2) is 25.0 Å². The van der Waals surface area contributed by atoms with E-state index in [9.17, 15) is 4.79 Å². The quantitative estimate of drug-likeness (QED) is 0.845. The first-order chi connectivity index (χ1) is 8.65. The van der Waals surface area contributed by atoms with E-state index in [0.717, 1.165) is 10.9 Å². The Morgan fingerprint density at radius 1 is 1.44 bits per heavy atom. The lowest BCUT2D eigenvalue weighted by Gasteiger charge is -2.08. The predicted octanol–water partition coefficient (Wildman–Crippen LogP) is 2.17. The predicted molar refractivity (Wildman–Crippen MR) is 76.6 cm³/mol. The molecule has 1 aliphatic rings. The highest BCUT2D eigenvalue weighted by Gasteiger charge is 2.20. The summed E-state index contributed by atoms with van der Waals surface area (Å²) in [5, 5.41) is 6.15. The van der Waals surface area contributed by atoms with Crippen molar-refractivity contribution in [2.75, 3.05) is 13.1 Å². The third-order valence-electron chi connectivity index (χ3n) is 3.16. The van der Waals surface area contributed by atoms with Gasteiger partial charge in [-0.25, -0.2) is 0 Å². The number of benzene rings is 1. The van der Waals surface area contributed by atoms with Crippen LogP contribution in [0, 0.1) is 6.92 Å². The summed E-state index contributed by atoms with van der Waals surface area (Å²) in [6, 6.07) is 6.83. The maximum Gasteiger partial charge on any atom is 0.233 e. The van der Waals surface area contributed by atoms with Crippen LogP contribution in [0.15, 0.2) is 22.7 Å². The van der Waals surface area contributed by atoms with Gasteiger partial charge in [0, 0.05) is 17.1 Å². The van der Waals surface area contributed by atoms with Gasteiger partial charge in [-0.2, -0.15) is 0 Å². The molecule has 1 aromatic rings. The van der Waals surface area contributed by atoms with E-state index < -0.39 is 0 Å². The lowest BCUT2D eigenvalue weighted by atomic mass is 10.1. The fraction of sp³-hybridized carbons (Fsp3) is 0.500. The SMILES string of the molecule is Cc1ccc(Br)cc1CCNC(=O)CNC1CC1. The van der Waals surface area contributed by atoms with Crippen molar-refractivity contribution in [3.63, 3.8) is 0 Å². The summed E-state index contributed by atoms with van der Waals surface area (Å²) in [5.41, 5.74) is 2.54. The summed E-state index contributed by atoms with van der Waals surface area (Å²) in [6.45, 7) is 3.24. The number of halogens is 1. The molecule has 0 atom stereocenters. The molecule has 0 aromatic heterocycles. The van der Waals surface area contributed by atoms with Gasteiger partial charge in [-0.15, -0.1) is 0 Å². The van der Waals surface area contributed by atoms with Crippen LogP contribution in [0.4, 0.5) is 0 Å². The molecule has 1 saturated carbocycles. The first-order valence-electron chi connectivity index (χ1n) is 6.40. The average molecular weight is 311 g/mol. The van der Waals surface area contributed by atoms with E-state index in [0.29, 0.717) is 19.1 Å². The van der Waals surface area contributed by atoms with Crippen LogP contribution in [0.2, 0.25) is 0 Å². The molecule has 0 saturated heterocycles. The van der Waals surface area contributed by atoms with Crippen molar-refractivity contribution in [2.45, 2.75) is 32.2 Å². The number of nitrogens with one attached hydrogen (secondary N) is 2. The fourth-order valence-corrected chi connectivity index (χ4v) is 2.24. The number of aryl methyl sites for hydroxylation is 1. The van der Waals surface area contributed by atoms with E-state index in [2.05, 4.69) is 45.6 Å². The third-order valence-corrected chi connectivity index (χ3v) is 3.65. The minimum atomic E-state index is 0.0922. The van der Waals surface area contributed by atoms with Gasteiger partial charge in [-0.05, 0) is 49.4 Å². The molecule has 1 amide bonds. The number of hydrogen-bond acceptors (Lipinski definition) is 2. The molecule has 1 aliphatic carbocycles. The van der Waals surface area contributed by atoms with Crippen molar-refractivity contribution in [1.29, 1.82) is 0 Å². The Balaban J connectivity index is 1.70. The number of rotatable bonds is 6. The van der Waals surface area contributed by atoms with Gasteiger partial charge < -0.3 is 10.6 Å². The highest BCUT2D eigenvalue weighted by molar-refractivity contribution is 9.10. The maximum absolute atomic E-state index is 11.5. The van der Waals surface area contributed by atoms with Crippen molar-refractivity contribution in [2.24, 2.45) is 0 Å². The summed E-state index contributed by atoms with van der Waals surface area (Å²) in [6.07, 6.45) is 3.30. The number of hydrogen-bond donors (Lipinski definition) is 2. The van der Waals surface area contributed by atoms with Crippen molar-refractivity contribution in [3.05, 3.63) is 33.8 Å². The smallest absolute Gasteiger partial charge is 0.233 e. The average Bonchev–Trinajstić information content (AvgIpc) is 3.15. The normalized spacial score (nSPS) is 14.6. The first-order valence-corrected chi connectivity index (χ1v) is 7.19. The van der Waals surface area contributed by atoms with Gasteiger partial charge in [-0.3, -0.25) is 4.79 Å². The van der Waals surface area contributed by atoms with E-state index >= 15 is 0 Å². The Morgan fingerprint density at radius 2 is 2.22 bits per heavy atom. The van der Waals surface area contributed by atoms with Gasteiger partial charge in [0.25, 0.3) is 0 Å². The number of carbonyl (C=O) groups is 1. The number of carbonyl (C=O) groups excluding carboxylic acids is 1. The monoisotopic (exact) mass is 310 g/mol. The molecular formula is C14H19BrN2O. The molecule has 0 radical (unpaired) electrons. The summed E-state index contributed by atoms with van der Waals surface area (Å²) >= 11 is 3.47. The van der Waals surface area contributed by atoms with E-state index in [1.807, 2.05) is 6.07 Å². The minimum Gasteiger partial charge on any atom is -0.355 e. The standard InChI is InChI=1S/C14H19BrN2O/c1-10-2-3-12(15)8-11(10)6-7-16-14(18)9-17-13-4-5-13/h2-3,8,13,17H,4-7,9H2,1H3,(H,16,18). The van der Waals surface area contributed by atoms with Crippen LogP contribution in [0.1, 0.15) is 24.0 Å². The second-order valence-electron chi connectivity index (χ2n) is 4.83. The topological polar surface area (TPSA) is 41.1 Å². The zero-order valence-electron chi connectivity index (χ0n) is 10.6. The molecule has 1 fully saturated rings. The molecule has 2 rings (SSSR count). The maximum atomic E-state index is 11.5. The van der Waals surface area contributed by atoms with E-state index in [4.69, 9.17) is 0 Å². The lowest BCUT2D eigenvalue weighted by molar-refractivity contribution is -0.120. The third kappa shape index (κ3) is 4.42. The lowest BCUT2D eigenvalue weighted by Crippen LogP contribution is -2.35. The van der Waals surface area contributed by atoms with Crippen LogP contribution < -0.4 is 10.6 Å². The molecule has 98 valence electrons. The zero-order chi connectivity index (χ0) is 13.0. The molecule has 0 heterocycles. The molecule has 0 bridgehead atoms. The molecular weight excluding hydrogens is 292 g/mol. The zero-order valence-corrected chi connectivity index (χ0v) is 12.2. The Hall–Kier alpha value is -0.870. The number of amides is 1. The largest absolute Gasteiger partial charge is 0.355 e. The Labute approximate surface area is 116 Å². The van der Waals surface area contributed by atoms with E-state index in [1.54, 1.807) is 0 Å². The van der Waals surface area contributed by atoms with Crippen molar-refractivity contribution < 1.29 is 4.79 Å². The van der Waals surface area contributed by atoms with Gasteiger partial charge in [0.1, 0.15) is 0 Å². The van der Waals surface area contributed by atoms with Crippen molar-refractivity contribution in [1.82, 2.24) is 10.6 Å². The van der Waals surface area contributed by atoms with Gasteiger partial charge >= 0.3 is 0 Å². The Kier molecular flexibility index (Phi) is 4.78.